The van der Waals surface area contributed by atoms with Gasteiger partial charge in [0.15, 0.2) is 11.5 Å². The summed E-state index contributed by atoms with van der Waals surface area (Å²) >= 11 is 0. The molecular formula is C31H29N5O5. The van der Waals surface area contributed by atoms with Crippen LogP contribution in [0.4, 0.5) is 5.69 Å². The SMILES string of the molecule is COc1cc2nccc(Oc3ccc(NC(=O)C4(C(=O)NC56CC(c7cnccn7)(C5)C6)CC4)cc3)c2cc1OC. The predicted octanol–water partition coefficient (Wildman–Crippen LogP) is 4.54. The highest BCUT2D eigenvalue weighted by Crippen LogP contribution is 2.67. The first-order chi connectivity index (χ1) is 19.9. The van der Waals surface area contributed by atoms with Crippen molar-refractivity contribution in [1.29, 1.82) is 0 Å². The van der Waals surface area contributed by atoms with Crippen LogP contribution in [0, 0.1) is 5.41 Å². The van der Waals surface area contributed by atoms with Crippen molar-refractivity contribution in [3.63, 3.8) is 0 Å². The van der Waals surface area contributed by atoms with Gasteiger partial charge in [0, 0.05) is 52.9 Å². The summed E-state index contributed by atoms with van der Waals surface area (Å²) in [5.74, 6) is 1.90. The fourth-order valence-electron chi connectivity index (χ4n) is 6.33. The molecule has 0 aliphatic heterocycles. The fraction of sp³-hybridized carbons (Fsp3) is 0.323. The van der Waals surface area contributed by atoms with Gasteiger partial charge < -0.3 is 24.8 Å². The van der Waals surface area contributed by atoms with Crippen LogP contribution in [0.25, 0.3) is 10.9 Å². The Balaban J connectivity index is 0.990. The Hall–Kier alpha value is -4.73. The number of hydrogen-bond donors (Lipinski definition) is 2. The van der Waals surface area contributed by atoms with Gasteiger partial charge in [-0.3, -0.25) is 24.5 Å². The van der Waals surface area contributed by atoms with Crippen molar-refractivity contribution in [2.24, 2.45) is 5.41 Å². The zero-order chi connectivity index (χ0) is 28.2. The van der Waals surface area contributed by atoms with E-state index in [-0.39, 0.29) is 22.8 Å². The third-order valence-electron chi connectivity index (χ3n) is 8.68. The van der Waals surface area contributed by atoms with Crippen LogP contribution in [0.1, 0.15) is 37.8 Å². The van der Waals surface area contributed by atoms with E-state index in [9.17, 15) is 9.59 Å². The molecule has 0 radical (unpaired) electrons. The molecule has 0 saturated heterocycles. The van der Waals surface area contributed by atoms with Crippen molar-refractivity contribution in [3.05, 3.63) is 72.9 Å². The van der Waals surface area contributed by atoms with E-state index in [1.54, 1.807) is 69.2 Å². The van der Waals surface area contributed by atoms with E-state index >= 15 is 0 Å². The van der Waals surface area contributed by atoms with Gasteiger partial charge >= 0.3 is 0 Å². The molecule has 4 aliphatic rings. The molecule has 2 heterocycles. The number of anilines is 1. The Labute approximate surface area is 236 Å². The minimum Gasteiger partial charge on any atom is -0.493 e. The number of fused-ring (bicyclic) bond motifs is 1. The largest absolute Gasteiger partial charge is 0.493 e. The summed E-state index contributed by atoms with van der Waals surface area (Å²) in [5.41, 5.74) is 1.07. The lowest BCUT2D eigenvalue weighted by atomic mass is 9.38. The summed E-state index contributed by atoms with van der Waals surface area (Å²) < 4.78 is 16.9. The molecule has 0 spiro atoms. The van der Waals surface area contributed by atoms with Crippen LogP contribution in [0.15, 0.2) is 67.3 Å². The number of hydrogen-bond acceptors (Lipinski definition) is 8. The highest BCUT2D eigenvalue weighted by molar-refractivity contribution is 6.13. The molecule has 208 valence electrons. The smallest absolute Gasteiger partial charge is 0.240 e. The van der Waals surface area contributed by atoms with Gasteiger partial charge in [0.05, 0.1) is 25.4 Å². The number of benzene rings is 2. The Morgan fingerprint density at radius 1 is 0.829 bits per heavy atom. The van der Waals surface area contributed by atoms with Crippen molar-refractivity contribution in [2.45, 2.75) is 43.1 Å². The lowest BCUT2D eigenvalue weighted by molar-refractivity contribution is -0.147. The number of carbonyl (C=O) groups excluding carboxylic acids is 2. The number of methoxy groups -OCH3 is 2. The van der Waals surface area contributed by atoms with Crippen molar-refractivity contribution in [3.8, 4) is 23.0 Å². The normalized spacial score (nSPS) is 23.0. The van der Waals surface area contributed by atoms with E-state index in [1.807, 2.05) is 12.3 Å². The Kier molecular flexibility index (Phi) is 5.64. The predicted molar refractivity (Wildman–Crippen MR) is 150 cm³/mol. The molecule has 2 aromatic carbocycles. The van der Waals surface area contributed by atoms with E-state index in [0.717, 1.165) is 30.3 Å². The molecular weight excluding hydrogens is 522 g/mol. The van der Waals surface area contributed by atoms with Crippen LogP contribution in [0.3, 0.4) is 0 Å². The van der Waals surface area contributed by atoms with Crippen molar-refractivity contribution in [2.75, 3.05) is 19.5 Å². The average molecular weight is 552 g/mol. The monoisotopic (exact) mass is 551 g/mol. The van der Waals surface area contributed by atoms with Gasteiger partial charge in [-0.05, 0) is 68.5 Å². The summed E-state index contributed by atoms with van der Waals surface area (Å²) in [5, 5.41) is 6.90. The topological polar surface area (TPSA) is 125 Å². The number of pyridine rings is 1. The van der Waals surface area contributed by atoms with Crippen molar-refractivity contribution >= 4 is 28.4 Å². The lowest BCUT2D eigenvalue weighted by Gasteiger charge is -2.70. The van der Waals surface area contributed by atoms with Crippen LogP contribution in [0.5, 0.6) is 23.0 Å². The molecule has 4 saturated carbocycles. The minimum atomic E-state index is -1.01. The van der Waals surface area contributed by atoms with Crippen molar-refractivity contribution in [1.82, 2.24) is 20.3 Å². The first-order valence-electron chi connectivity index (χ1n) is 13.6. The summed E-state index contributed by atoms with van der Waals surface area (Å²) in [7, 11) is 3.16. The summed E-state index contributed by atoms with van der Waals surface area (Å²) in [6.45, 7) is 0. The molecule has 0 unspecified atom stereocenters. The Bertz CT molecular complexity index is 1650. The highest BCUT2D eigenvalue weighted by atomic mass is 16.5. The Morgan fingerprint density at radius 3 is 2.22 bits per heavy atom. The maximum absolute atomic E-state index is 13.2. The summed E-state index contributed by atoms with van der Waals surface area (Å²) in [6.07, 6.45) is 10.5. The van der Waals surface area contributed by atoms with E-state index in [1.165, 1.54) is 0 Å². The number of aromatic nitrogens is 3. The zero-order valence-corrected chi connectivity index (χ0v) is 22.8. The van der Waals surface area contributed by atoms with Crippen LogP contribution >= 0.6 is 0 Å². The molecule has 41 heavy (non-hydrogen) atoms. The molecule has 2 bridgehead atoms. The molecule has 0 atom stereocenters. The molecule has 8 rings (SSSR count). The van der Waals surface area contributed by atoms with E-state index < -0.39 is 5.41 Å². The summed E-state index contributed by atoms with van der Waals surface area (Å²) in [4.78, 5) is 39.5. The molecule has 4 fully saturated rings. The van der Waals surface area contributed by atoms with Gasteiger partial charge in [0.2, 0.25) is 11.8 Å². The summed E-state index contributed by atoms with van der Waals surface area (Å²) in [6, 6.07) is 12.5. The van der Waals surface area contributed by atoms with E-state index in [0.29, 0.717) is 47.0 Å². The fourth-order valence-corrected chi connectivity index (χ4v) is 6.33. The standard InChI is InChI=1S/C31H29N5O5/c1-39-24-13-21-22(14-25(24)40-2)33-10-7-23(21)41-20-5-3-19(4-6-20)35-27(37)31(8-9-31)28(38)36-30-16-29(17-30,18-30)26-15-32-11-12-34-26/h3-7,10-15H,8-9,16-18H2,1-2H3,(H,35,37)(H,36,38). The molecule has 2 N–H and O–H groups in total. The van der Waals surface area contributed by atoms with Crippen LogP contribution in [-0.4, -0.2) is 46.5 Å². The molecule has 2 aromatic heterocycles. The van der Waals surface area contributed by atoms with Gasteiger partial charge in [-0.2, -0.15) is 0 Å². The first-order valence-corrected chi connectivity index (χ1v) is 13.6. The van der Waals surface area contributed by atoms with Gasteiger partial charge in [-0.15, -0.1) is 0 Å². The molecule has 4 aliphatic carbocycles. The van der Waals surface area contributed by atoms with Gasteiger partial charge in [-0.25, -0.2) is 0 Å². The third kappa shape index (κ3) is 4.13. The molecule has 2 amide bonds. The van der Waals surface area contributed by atoms with E-state index in [4.69, 9.17) is 14.2 Å². The van der Waals surface area contributed by atoms with Crippen molar-refractivity contribution < 1.29 is 23.8 Å². The molecule has 10 heteroatoms. The van der Waals surface area contributed by atoms with Crippen LogP contribution < -0.4 is 24.8 Å². The highest BCUT2D eigenvalue weighted by Gasteiger charge is 2.71. The van der Waals surface area contributed by atoms with Gasteiger partial charge in [0.25, 0.3) is 0 Å². The number of amides is 2. The zero-order valence-electron chi connectivity index (χ0n) is 22.8. The quantitative estimate of drug-likeness (QED) is 0.291. The number of ether oxygens (including phenoxy) is 3. The van der Waals surface area contributed by atoms with E-state index in [2.05, 4.69) is 25.6 Å². The van der Waals surface area contributed by atoms with Crippen LogP contribution in [-0.2, 0) is 15.0 Å². The second-order valence-electron chi connectivity index (χ2n) is 11.3. The van der Waals surface area contributed by atoms with Crippen LogP contribution in [0.2, 0.25) is 0 Å². The maximum atomic E-state index is 13.2. The van der Waals surface area contributed by atoms with Gasteiger partial charge in [0.1, 0.15) is 16.9 Å². The second kappa shape index (κ2) is 9.15. The number of nitrogens with zero attached hydrogens (tertiary/aromatic N) is 3. The van der Waals surface area contributed by atoms with Gasteiger partial charge in [-0.1, -0.05) is 0 Å². The molecule has 4 aromatic rings. The third-order valence-corrected chi connectivity index (χ3v) is 8.68. The minimum absolute atomic E-state index is 0.0197. The maximum Gasteiger partial charge on any atom is 0.240 e. The lowest BCUT2D eigenvalue weighted by Crippen LogP contribution is -2.77. The second-order valence-corrected chi connectivity index (χ2v) is 11.3. The Morgan fingerprint density at radius 2 is 1.56 bits per heavy atom. The average Bonchev–Trinajstić information content (AvgIpc) is 3.77. The molecule has 10 nitrogen and oxygen atoms in total. The number of rotatable bonds is 9. The number of carbonyl (C=O) groups is 2. The number of nitrogens with one attached hydrogen (secondary N) is 2. The first kappa shape index (κ1) is 25.3.